The van der Waals surface area contributed by atoms with Crippen molar-refractivity contribution >= 4 is 15.9 Å². The van der Waals surface area contributed by atoms with Crippen LogP contribution >= 0.6 is 15.9 Å². The van der Waals surface area contributed by atoms with Gasteiger partial charge in [0, 0.05) is 0 Å². The molecule has 4 heteroatoms. The van der Waals surface area contributed by atoms with Gasteiger partial charge in [-0.2, -0.15) is 0 Å². The topological polar surface area (TPSA) is 66.5 Å². The number of halogens is 1. The molecule has 0 aliphatic rings. The SMILES string of the molecule is N[C@H](CO)c1cccc(O)c1Br. The summed E-state index contributed by atoms with van der Waals surface area (Å²) in [6, 6.07) is 4.54. The van der Waals surface area contributed by atoms with E-state index in [9.17, 15) is 5.11 Å². The molecule has 1 rings (SSSR count). The monoisotopic (exact) mass is 231 g/mol. The van der Waals surface area contributed by atoms with Crippen molar-refractivity contribution in [3.05, 3.63) is 28.2 Å². The molecule has 0 amide bonds. The molecule has 1 aromatic carbocycles. The lowest BCUT2D eigenvalue weighted by atomic mass is 10.1. The third kappa shape index (κ3) is 1.77. The van der Waals surface area contributed by atoms with Crippen LogP contribution in [-0.2, 0) is 0 Å². The van der Waals surface area contributed by atoms with Crippen molar-refractivity contribution in [1.82, 2.24) is 0 Å². The summed E-state index contributed by atoms with van der Waals surface area (Å²) < 4.78 is 0.548. The van der Waals surface area contributed by atoms with Crippen molar-refractivity contribution in [2.45, 2.75) is 6.04 Å². The molecule has 66 valence electrons. The van der Waals surface area contributed by atoms with E-state index in [-0.39, 0.29) is 12.4 Å². The quantitative estimate of drug-likeness (QED) is 0.716. The van der Waals surface area contributed by atoms with Crippen LogP contribution < -0.4 is 5.73 Å². The number of benzene rings is 1. The molecule has 0 unspecified atom stereocenters. The molecule has 4 N–H and O–H groups in total. The second-order valence-corrected chi connectivity index (χ2v) is 3.26. The average Bonchev–Trinajstić information content (AvgIpc) is 2.08. The molecule has 0 saturated heterocycles. The van der Waals surface area contributed by atoms with Crippen LogP contribution in [0.5, 0.6) is 5.75 Å². The van der Waals surface area contributed by atoms with Gasteiger partial charge in [-0.1, -0.05) is 12.1 Å². The standard InChI is InChI=1S/C8H10BrNO2/c9-8-5(6(10)4-11)2-1-3-7(8)12/h1-3,6,11-12H,4,10H2/t6-/m1/s1. The molecule has 1 atom stereocenters. The first-order chi connectivity index (χ1) is 5.66. The van der Waals surface area contributed by atoms with E-state index in [0.29, 0.717) is 10.0 Å². The highest BCUT2D eigenvalue weighted by molar-refractivity contribution is 9.10. The number of hydrogen-bond donors (Lipinski definition) is 3. The zero-order chi connectivity index (χ0) is 9.14. The van der Waals surface area contributed by atoms with E-state index in [4.69, 9.17) is 10.8 Å². The summed E-state index contributed by atoms with van der Waals surface area (Å²) in [7, 11) is 0. The summed E-state index contributed by atoms with van der Waals surface area (Å²) in [5, 5.41) is 18.0. The van der Waals surface area contributed by atoms with Crippen molar-refractivity contribution in [2.24, 2.45) is 5.73 Å². The Kier molecular flexibility index (Phi) is 3.08. The van der Waals surface area contributed by atoms with Crippen molar-refractivity contribution in [1.29, 1.82) is 0 Å². The molecule has 0 radical (unpaired) electrons. The minimum atomic E-state index is -0.452. The van der Waals surface area contributed by atoms with Gasteiger partial charge >= 0.3 is 0 Å². The van der Waals surface area contributed by atoms with E-state index in [1.165, 1.54) is 0 Å². The van der Waals surface area contributed by atoms with Crippen LogP contribution in [0.2, 0.25) is 0 Å². The smallest absolute Gasteiger partial charge is 0.130 e. The number of phenols is 1. The molecule has 0 aromatic heterocycles. The molecule has 1 aromatic rings. The van der Waals surface area contributed by atoms with Gasteiger partial charge in [0.25, 0.3) is 0 Å². The van der Waals surface area contributed by atoms with Crippen LogP contribution in [0, 0.1) is 0 Å². The number of phenolic OH excluding ortho intramolecular Hbond substituents is 1. The van der Waals surface area contributed by atoms with E-state index < -0.39 is 6.04 Å². The fourth-order valence-electron chi connectivity index (χ4n) is 0.922. The average molecular weight is 232 g/mol. The van der Waals surface area contributed by atoms with E-state index in [0.717, 1.165) is 0 Å². The lowest BCUT2D eigenvalue weighted by Gasteiger charge is -2.11. The summed E-state index contributed by atoms with van der Waals surface area (Å²) in [4.78, 5) is 0. The molecule has 12 heavy (non-hydrogen) atoms. The number of aromatic hydroxyl groups is 1. The van der Waals surface area contributed by atoms with Gasteiger partial charge in [0.05, 0.1) is 17.1 Å². The molecule has 3 nitrogen and oxygen atoms in total. The fraction of sp³-hybridized carbons (Fsp3) is 0.250. The molecule has 0 aliphatic heterocycles. The van der Waals surface area contributed by atoms with Crippen molar-refractivity contribution < 1.29 is 10.2 Å². The van der Waals surface area contributed by atoms with Gasteiger partial charge in [0.1, 0.15) is 5.75 Å². The highest BCUT2D eigenvalue weighted by Crippen LogP contribution is 2.30. The van der Waals surface area contributed by atoms with Crippen LogP contribution in [-0.4, -0.2) is 16.8 Å². The molecular formula is C8H10BrNO2. The van der Waals surface area contributed by atoms with Crippen molar-refractivity contribution in [3.8, 4) is 5.75 Å². The van der Waals surface area contributed by atoms with Gasteiger partial charge in [-0.3, -0.25) is 0 Å². The molecule has 0 saturated carbocycles. The summed E-state index contributed by atoms with van der Waals surface area (Å²) in [6.45, 7) is -0.137. The number of nitrogens with two attached hydrogens (primary N) is 1. The largest absolute Gasteiger partial charge is 0.507 e. The summed E-state index contributed by atoms with van der Waals surface area (Å²) >= 11 is 3.18. The maximum atomic E-state index is 9.26. The van der Waals surface area contributed by atoms with Crippen molar-refractivity contribution in [2.75, 3.05) is 6.61 Å². The molecular weight excluding hydrogens is 222 g/mol. The van der Waals surface area contributed by atoms with Crippen molar-refractivity contribution in [3.63, 3.8) is 0 Å². The number of aliphatic hydroxyl groups is 1. The highest BCUT2D eigenvalue weighted by Gasteiger charge is 2.10. The predicted octanol–water partition coefficient (Wildman–Crippen LogP) is 1.15. The Bertz CT molecular complexity index is 278. The number of aliphatic hydroxyl groups excluding tert-OH is 1. The Morgan fingerprint density at radius 2 is 2.17 bits per heavy atom. The molecule has 0 heterocycles. The van der Waals surface area contributed by atoms with Gasteiger partial charge < -0.3 is 15.9 Å². The molecule has 0 bridgehead atoms. The Balaban J connectivity index is 3.07. The van der Waals surface area contributed by atoms with Crippen LogP contribution in [0.25, 0.3) is 0 Å². The first kappa shape index (κ1) is 9.51. The Morgan fingerprint density at radius 3 is 2.75 bits per heavy atom. The van der Waals surface area contributed by atoms with E-state index >= 15 is 0 Å². The maximum absolute atomic E-state index is 9.26. The second kappa shape index (κ2) is 3.89. The Hall–Kier alpha value is -0.580. The molecule has 0 fully saturated rings. The summed E-state index contributed by atoms with van der Waals surface area (Å²) in [6.07, 6.45) is 0. The second-order valence-electron chi connectivity index (χ2n) is 2.47. The summed E-state index contributed by atoms with van der Waals surface area (Å²) in [5.74, 6) is 0.136. The van der Waals surface area contributed by atoms with Crippen LogP contribution in [0.4, 0.5) is 0 Å². The number of rotatable bonds is 2. The van der Waals surface area contributed by atoms with Crippen LogP contribution in [0.15, 0.2) is 22.7 Å². The first-order valence-electron chi connectivity index (χ1n) is 3.50. The van der Waals surface area contributed by atoms with Crippen LogP contribution in [0.3, 0.4) is 0 Å². The number of hydrogen-bond acceptors (Lipinski definition) is 3. The zero-order valence-electron chi connectivity index (χ0n) is 6.37. The third-order valence-corrected chi connectivity index (χ3v) is 2.47. The normalized spacial score (nSPS) is 12.9. The summed E-state index contributed by atoms with van der Waals surface area (Å²) in [5.41, 5.74) is 6.28. The maximum Gasteiger partial charge on any atom is 0.130 e. The molecule has 0 spiro atoms. The molecule has 0 aliphatic carbocycles. The van der Waals surface area contributed by atoms with E-state index in [1.807, 2.05) is 0 Å². The van der Waals surface area contributed by atoms with E-state index in [1.54, 1.807) is 18.2 Å². The minimum absolute atomic E-state index is 0.136. The van der Waals surface area contributed by atoms with Gasteiger partial charge in [-0.05, 0) is 27.6 Å². The van der Waals surface area contributed by atoms with Gasteiger partial charge in [-0.15, -0.1) is 0 Å². The van der Waals surface area contributed by atoms with Gasteiger partial charge in [-0.25, -0.2) is 0 Å². The first-order valence-corrected chi connectivity index (χ1v) is 4.30. The van der Waals surface area contributed by atoms with Gasteiger partial charge in [0.2, 0.25) is 0 Å². The predicted molar refractivity (Wildman–Crippen MR) is 49.8 cm³/mol. The fourth-order valence-corrected chi connectivity index (χ4v) is 1.48. The Morgan fingerprint density at radius 1 is 1.50 bits per heavy atom. The highest BCUT2D eigenvalue weighted by atomic mass is 79.9. The Labute approximate surface area is 79.0 Å². The third-order valence-electron chi connectivity index (χ3n) is 1.60. The lowest BCUT2D eigenvalue weighted by Crippen LogP contribution is -2.14. The van der Waals surface area contributed by atoms with Gasteiger partial charge in [0.15, 0.2) is 0 Å². The lowest BCUT2D eigenvalue weighted by molar-refractivity contribution is 0.267. The van der Waals surface area contributed by atoms with E-state index in [2.05, 4.69) is 15.9 Å². The van der Waals surface area contributed by atoms with Crippen LogP contribution in [0.1, 0.15) is 11.6 Å². The minimum Gasteiger partial charge on any atom is -0.507 e. The zero-order valence-corrected chi connectivity index (χ0v) is 7.95.